The second kappa shape index (κ2) is 8.53. The van der Waals surface area contributed by atoms with E-state index in [1.54, 1.807) is 24.3 Å². The fraction of sp³-hybridized carbons (Fsp3) is 0.400. The Hall–Kier alpha value is -1.78. The van der Waals surface area contributed by atoms with Crippen molar-refractivity contribution < 1.29 is 30.3 Å². The minimum atomic E-state index is -4.14. The highest BCUT2D eigenvalue weighted by Crippen LogP contribution is 2.30. The van der Waals surface area contributed by atoms with Crippen molar-refractivity contribution in [1.82, 2.24) is 0 Å². The summed E-state index contributed by atoms with van der Waals surface area (Å²) in [6.07, 6.45) is -2.54. The number of hydrogen-bond acceptors (Lipinski definition) is 7. The lowest BCUT2D eigenvalue weighted by Crippen LogP contribution is -2.42. The monoisotopic (exact) mass is 440 g/mol. The van der Waals surface area contributed by atoms with E-state index >= 15 is 0 Å². The van der Waals surface area contributed by atoms with Crippen LogP contribution in [0.5, 0.6) is 0 Å². The van der Waals surface area contributed by atoms with E-state index in [1.165, 1.54) is 24.3 Å². The van der Waals surface area contributed by atoms with Gasteiger partial charge in [0.15, 0.2) is 0 Å². The molecular weight excluding hydrogens is 416 g/mol. The second-order valence-corrected chi connectivity index (χ2v) is 10.4. The predicted molar refractivity (Wildman–Crippen MR) is 106 cm³/mol. The first-order valence-corrected chi connectivity index (χ1v) is 12.1. The Kier molecular flexibility index (Phi) is 6.45. The maximum Gasteiger partial charge on any atom is 0.297 e. The lowest BCUT2D eigenvalue weighted by molar-refractivity contribution is -0.0196. The van der Waals surface area contributed by atoms with Crippen LogP contribution in [-0.2, 0) is 28.6 Å². The molecule has 0 aliphatic heterocycles. The zero-order valence-corrected chi connectivity index (χ0v) is 17.8. The van der Waals surface area contributed by atoms with Crippen LogP contribution in [0.4, 0.5) is 0 Å². The van der Waals surface area contributed by atoms with Crippen molar-refractivity contribution in [2.45, 2.75) is 61.2 Å². The molecule has 0 heterocycles. The standard InChI is InChI=1S/C20H24O7S2/c1-14-3-8-17(9-4-14)28(22,23)26-19-12-7-16(21)13-20(19)27-29(24,25)18-10-5-15(2)6-11-18/h3-6,8-11,16,19-21H,7,12-13H2,1-2H3. The summed E-state index contributed by atoms with van der Waals surface area (Å²) in [6.45, 7) is 3.66. The number of rotatable bonds is 6. The first kappa shape index (κ1) is 21.9. The maximum absolute atomic E-state index is 12.6. The van der Waals surface area contributed by atoms with E-state index in [0.29, 0.717) is 6.42 Å². The molecule has 1 fully saturated rings. The van der Waals surface area contributed by atoms with Gasteiger partial charge in [-0.05, 0) is 51.0 Å². The molecule has 1 saturated carbocycles. The molecule has 7 nitrogen and oxygen atoms in total. The van der Waals surface area contributed by atoms with Gasteiger partial charge in [-0.25, -0.2) is 0 Å². The summed E-state index contributed by atoms with van der Waals surface area (Å²) in [5.74, 6) is 0. The molecule has 1 aliphatic carbocycles. The molecule has 0 bridgehead atoms. The molecule has 3 atom stereocenters. The number of benzene rings is 2. The van der Waals surface area contributed by atoms with Crippen LogP contribution in [0.1, 0.15) is 30.4 Å². The lowest BCUT2D eigenvalue weighted by atomic mass is 9.93. The minimum absolute atomic E-state index is 0.0191. The quantitative estimate of drug-likeness (QED) is 0.688. The topological polar surface area (TPSA) is 107 Å². The zero-order chi connectivity index (χ0) is 21.2. The highest BCUT2D eigenvalue weighted by molar-refractivity contribution is 7.87. The molecule has 0 radical (unpaired) electrons. The van der Waals surface area contributed by atoms with Crippen LogP contribution in [0.3, 0.4) is 0 Å². The average Bonchev–Trinajstić information content (AvgIpc) is 2.64. The van der Waals surface area contributed by atoms with Gasteiger partial charge >= 0.3 is 0 Å². The summed E-state index contributed by atoms with van der Waals surface area (Å²) in [7, 11) is -8.25. The predicted octanol–water partition coefficient (Wildman–Crippen LogP) is 2.70. The van der Waals surface area contributed by atoms with Crippen LogP contribution >= 0.6 is 0 Å². The molecule has 2 aromatic rings. The van der Waals surface area contributed by atoms with Gasteiger partial charge in [0.1, 0.15) is 12.2 Å². The van der Waals surface area contributed by atoms with Crippen LogP contribution in [0.15, 0.2) is 58.3 Å². The Morgan fingerprint density at radius 2 is 1.14 bits per heavy atom. The molecule has 0 amide bonds. The van der Waals surface area contributed by atoms with Crippen LogP contribution in [0.25, 0.3) is 0 Å². The third kappa shape index (κ3) is 5.43. The fourth-order valence-electron chi connectivity index (χ4n) is 3.14. The summed E-state index contributed by atoms with van der Waals surface area (Å²) in [6, 6.07) is 12.3. The summed E-state index contributed by atoms with van der Waals surface area (Å²) < 4.78 is 61.2. The van der Waals surface area contributed by atoms with Crippen molar-refractivity contribution >= 4 is 20.2 Å². The number of aliphatic hydroxyl groups excluding tert-OH is 1. The molecule has 3 unspecified atom stereocenters. The Labute approximate surface area is 171 Å². The van der Waals surface area contributed by atoms with E-state index in [4.69, 9.17) is 8.37 Å². The van der Waals surface area contributed by atoms with Gasteiger partial charge in [0.25, 0.3) is 20.2 Å². The Bertz CT molecular complexity index is 1040. The van der Waals surface area contributed by atoms with E-state index in [9.17, 15) is 21.9 Å². The second-order valence-electron chi connectivity index (χ2n) is 7.27. The summed E-state index contributed by atoms with van der Waals surface area (Å²) in [4.78, 5) is -0.0577. The van der Waals surface area contributed by atoms with Crippen molar-refractivity contribution in [3.8, 4) is 0 Å². The Balaban J connectivity index is 1.82. The Morgan fingerprint density at radius 1 is 0.724 bits per heavy atom. The zero-order valence-electron chi connectivity index (χ0n) is 16.2. The van der Waals surface area contributed by atoms with E-state index in [1.807, 2.05) is 13.8 Å². The van der Waals surface area contributed by atoms with E-state index in [2.05, 4.69) is 0 Å². The van der Waals surface area contributed by atoms with Gasteiger partial charge in [0.05, 0.1) is 15.9 Å². The molecule has 2 aromatic carbocycles. The molecule has 0 spiro atoms. The van der Waals surface area contributed by atoms with Crippen LogP contribution in [0, 0.1) is 13.8 Å². The molecule has 29 heavy (non-hydrogen) atoms. The normalized spacial score (nSPS) is 23.1. The molecule has 1 aliphatic rings. The molecule has 0 saturated heterocycles. The van der Waals surface area contributed by atoms with Gasteiger partial charge in [0, 0.05) is 6.42 Å². The fourth-order valence-corrected chi connectivity index (χ4v) is 5.37. The van der Waals surface area contributed by atoms with Crippen molar-refractivity contribution in [1.29, 1.82) is 0 Å². The largest absolute Gasteiger partial charge is 0.393 e. The summed E-state index contributed by atoms with van der Waals surface area (Å²) in [5.41, 5.74) is 1.79. The molecule has 9 heteroatoms. The van der Waals surface area contributed by atoms with Gasteiger partial charge < -0.3 is 5.11 Å². The number of aryl methyl sites for hydroxylation is 2. The van der Waals surface area contributed by atoms with Gasteiger partial charge in [-0.1, -0.05) is 35.4 Å². The minimum Gasteiger partial charge on any atom is -0.393 e. The smallest absolute Gasteiger partial charge is 0.297 e. The van der Waals surface area contributed by atoms with E-state index < -0.39 is 38.5 Å². The van der Waals surface area contributed by atoms with Gasteiger partial charge in [-0.15, -0.1) is 0 Å². The molecule has 158 valence electrons. The Morgan fingerprint density at radius 3 is 1.59 bits per heavy atom. The van der Waals surface area contributed by atoms with Gasteiger partial charge in [-0.2, -0.15) is 16.8 Å². The summed E-state index contributed by atoms with van der Waals surface area (Å²) >= 11 is 0. The average molecular weight is 441 g/mol. The highest BCUT2D eigenvalue weighted by atomic mass is 32.2. The van der Waals surface area contributed by atoms with Crippen LogP contribution in [-0.4, -0.2) is 40.3 Å². The van der Waals surface area contributed by atoms with Crippen molar-refractivity contribution in [3.05, 3.63) is 59.7 Å². The van der Waals surface area contributed by atoms with Crippen LogP contribution in [0.2, 0.25) is 0 Å². The first-order valence-electron chi connectivity index (χ1n) is 9.25. The third-order valence-electron chi connectivity index (χ3n) is 4.82. The highest BCUT2D eigenvalue weighted by Gasteiger charge is 2.38. The number of aliphatic hydroxyl groups is 1. The van der Waals surface area contributed by atoms with E-state index in [-0.39, 0.29) is 22.6 Å². The van der Waals surface area contributed by atoms with Gasteiger partial charge in [-0.3, -0.25) is 8.37 Å². The molecule has 0 aromatic heterocycles. The van der Waals surface area contributed by atoms with Crippen LogP contribution < -0.4 is 0 Å². The van der Waals surface area contributed by atoms with E-state index in [0.717, 1.165) is 11.1 Å². The van der Waals surface area contributed by atoms with Crippen molar-refractivity contribution in [2.24, 2.45) is 0 Å². The van der Waals surface area contributed by atoms with Crippen molar-refractivity contribution in [2.75, 3.05) is 0 Å². The third-order valence-corrected chi connectivity index (χ3v) is 7.52. The molecular formula is C20H24O7S2. The first-order chi connectivity index (χ1) is 13.6. The SMILES string of the molecule is Cc1ccc(S(=O)(=O)OC2CCC(O)CC2OS(=O)(=O)c2ccc(C)cc2)cc1. The maximum atomic E-state index is 12.6. The molecule has 1 N–H and O–H groups in total. The lowest BCUT2D eigenvalue weighted by Gasteiger charge is -2.32. The number of hydrogen-bond donors (Lipinski definition) is 1. The molecule has 3 rings (SSSR count). The summed E-state index contributed by atoms with van der Waals surface area (Å²) in [5, 5.41) is 9.97. The van der Waals surface area contributed by atoms with Gasteiger partial charge in [0.2, 0.25) is 0 Å². The van der Waals surface area contributed by atoms with Crippen molar-refractivity contribution in [3.63, 3.8) is 0 Å².